The highest BCUT2D eigenvalue weighted by atomic mass is 35.5. The standard InChI is InChI=1S/C14H11Cl2FN2O/c1-7-11(17)4-8(5-12(7)18)14(20)19-13-6-9(15)2-3-10(13)16/h2-6H,18H2,1H3,(H,19,20). The van der Waals surface area contributed by atoms with Crippen molar-refractivity contribution in [2.45, 2.75) is 6.92 Å². The molecular weight excluding hydrogens is 302 g/mol. The first-order valence-corrected chi connectivity index (χ1v) is 6.46. The molecule has 3 N–H and O–H groups in total. The molecule has 0 bridgehead atoms. The van der Waals surface area contributed by atoms with Crippen LogP contribution in [0.2, 0.25) is 10.0 Å². The number of rotatable bonds is 2. The number of amides is 1. The fourth-order valence-electron chi connectivity index (χ4n) is 1.62. The fourth-order valence-corrected chi connectivity index (χ4v) is 1.96. The van der Waals surface area contributed by atoms with E-state index in [0.29, 0.717) is 21.3 Å². The lowest BCUT2D eigenvalue weighted by Gasteiger charge is -2.09. The van der Waals surface area contributed by atoms with Crippen LogP contribution in [0.1, 0.15) is 15.9 Å². The van der Waals surface area contributed by atoms with Crippen LogP contribution in [0.4, 0.5) is 15.8 Å². The number of halogens is 3. The number of hydrogen-bond donors (Lipinski definition) is 2. The number of hydrogen-bond acceptors (Lipinski definition) is 2. The molecule has 0 aromatic heterocycles. The van der Waals surface area contributed by atoms with Crippen LogP contribution < -0.4 is 11.1 Å². The lowest BCUT2D eigenvalue weighted by molar-refractivity contribution is 0.102. The van der Waals surface area contributed by atoms with E-state index in [-0.39, 0.29) is 11.3 Å². The van der Waals surface area contributed by atoms with E-state index in [4.69, 9.17) is 28.9 Å². The molecule has 3 nitrogen and oxygen atoms in total. The highest BCUT2D eigenvalue weighted by Gasteiger charge is 2.13. The van der Waals surface area contributed by atoms with Crippen molar-refractivity contribution in [3.8, 4) is 0 Å². The summed E-state index contributed by atoms with van der Waals surface area (Å²) < 4.78 is 13.6. The maximum Gasteiger partial charge on any atom is 0.255 e. The predicted molar refractivity (Wildman–Crippen MR) is 80.0 cm³/mol. The molecule has 6 heteroatoms. The van der Waals surface area contributed by atoms with E-state index >= 15 is 0 Å². The third-order valence-electron chi connectivity index (χ3n) is 2.82. The molecule has 20 heavy (non-hydrogen) atoms. The van der Waals surface area contributed by atoms with E-state index in [0.717, 1.165) is 6.07 Å². The number of carbonyl (C=O) groups is 1. The zero-order chi connectivity index (χ0) is 14.9. The van der Waals surface area contributed by atoms with Gasteiger partial charge in [0.2, 0.25) is 0 Å². The van der Waals surface area contributed by atoms with Crippen LogP contribution in [-0.2, 0) is 0 Å². The largest absolute Gasteiger partial charge is 0.398 e. The first-order valence-electron chi connectivity index (χ1n) is 5.70. The molecule has 0 saturated carbocycles. The summed E-state index contributed by atoms with van der Waals surface area (Å²) in [4.78, 5) is 12.1. The zero-order valence-corrected chi connectivity index (χ0v) is 12.0. The summed E-state index contributed by atoms with van der Waals surface area (Å²) in [6.45, 7) is 1.54. The van der Waals surface area contributed by atoms with E-state index in [1.165, 1.54) is 12.1 Å². The summed E-state index contributed by atoms with van der Waals surface area (Å²) in [5, 5.41) is 3.33. The number of anilines is 2. The van der Waals surface area contributed by atoms with Gasteiger partial charge in [0.05, 0.1) is 10.7 Å². The number of benzene rings is 2. The second-order valence-electron chi connectivity index (χ2n) is 4.25. The van der Waals surface area contributed by atoms with Crippen molar-refractivity contribution < 1.29 is 9.18 Å². The average Bonchev–Trinajstić information content (AvgIpc) is 2.39. The average molecular weight is 313 g/mol. The summed E-state index contributed by atoms with van der Waals surface area (Å²) >= 11 is 11.8. The van der Waals surface area contributed by atoms with Gasteiger partial charge in [-0.3, -0.25) is 4.79 Å². The minimum Gasteiger partial charge on any atom is -0.398 e. The van der Waals surface area contributed by atoms with Crippen LogP contribution in [0, 0.1) is 12.7 Å². The Kier molecular flexibility index (Phi) is 4.16. The molecule has 2 rings (SSSR count). The quantitative estimate of drug-likeness (QED) is 0.813. The molecule has 0 aliphatic rings. The Balaban J connectivity index is 2.31. The molecule has 0 spiro atoms. The van der Waals surface area contributed by atoms with E-state index in [9.17, 15) is 9.18 Å². The number of carbonyl (C=O) groups excluding carboxylic acids is 1. The third kappa shape index (κ3) is 3.03. The van der Waals surface area contributed by atoms with Crippen LogP contribution in [0.15, 0.2) is 30.3 Å². The molecular formula is C14H11Cl2FN2O. The Morgan fingerprint density at radius 1 is 1.25 bits per heavy atom. The molecule has 1 amide bonds. The van der Waals surface area contributed by atoms with E-state index in [1.54, 1.807) is 19.1 Å². The van der Waals surface area contributed by atoms with Gasteiger partial charge in [-0.2, -0.15) is 0 Å². The number of nitrogens with two attached hydrogens (primary N) is 1. The van der Waals surface area contributed by atoms with Crippen molar-refractivity contribution in [2.75, 3.05) is 11.1 Å². The minimum absolute atomic E-state index is 0.113. The third-order valence-corrected chi connectivity index (χ3v) is 3.39. The van der Waals surface area contributed by atoms with Gasteiger partial charge in [-0.15, -0.1) is 0 Å². The Bertz CT molecular complexity index is 666. The molecule has 104 valence electrons. The molecule has 0 fully saturated rings. The monoisotopic (exact) mass is 312 g/mol. The van der Waals surface area contributed by atoms with Gasteiger partial charge in [-0.05, 0) is 37.3 Å². The lowest BCUT2D eigenvalue weighted by Crippen LogP contribution is -2.13. The van der Waals surface area contributed by atoms with Crippen LogP contribution in [0.25, 0.3) is 0 Å². The summed E-state index contributed by atoms with van der Waals surface area (Å²) in [6.07, 6.45) is 0. The molecule has 0 atom stereocenters. The molecule has 0 saturated heterocycles. The maximum absolute atomic E-state index is 13.6. The van der Waals surface area contributed by atoms with Crippen molar-refractivity contribution >= 4 is 40.5 Å². The Morgan fingerprint density at radius 3 is 2.60 bits per heavy atom. The van der Waals surface area contributed by atoms with Gasteiger partial charge in [0.15, 0.2) is 0 Å². The molecule has 0 heterocycles. The van der Waals surface area contributed by atoms with Crippen molar-refractivity contribution in [3.05, 3.63) is 57.3 Å². The first kappa shape index (κ1) is 14.6. The van der Waals surface area contributed by atoms with Crippen LogP contribution in [-0.4, -0.2) is 5.91 Å². The van der Waals surface area contributed by atoms with Crippen LogP contribution in [0.3, 0.4) is 0 Å². The van der Waals surface area contributed by atoms with Crippen molar-refractivity contribution in [1.29, 1.82) is 0 Å². The molecule has 2 aromatic rings. The van der Waals surface area contributed by atoms with E-state index in [1.807, 2.05) is 0 Å². The summed E-state index contributed by atoms with van der Waals surface area (Å²) in [5.74, 6) is -1.05. The first-order chi connectivity index (χ1) is 9.38. The lowest BCUT2D eigenvalue weighted by atomic mass is 10.1. The number of nitrogens with one attached hydrogen (secondary N) is 1. The van der Waals surface area contributed by atoms with Gasteiger partial charge in [0, 0.05) is 21.8 Å². The zero-order valence-electron chi connectivity index (χ0n) is 10.5. The molecule has 2 aromatic carbocycles. The van der Waals surface area contributed by atoms with Gasteiger partial charge >= 0.3 is 0 Å². The normalized spacial score (nSPS) is 10.4. The molecule has 0 radical (unpaired) electrons. The fraction of sp³-hybridized carbons (Fsp3) is 0.0714. The van der Waals surface area contributed by atoms with E-state index in [2.05, 4.69) is 5.32 Å². The van der Waals surface area contributed by atoms with Crippen molar-refractivity contribution in [3.63, 3.8) is 0 Å². The highest BCUT2D eigenvalue weighted by molar-refractivity contribution is 6.35. The Labute approximate surface area is 125 Å². The van der Waals surface area contributed by atoms with Gasteiger partial charge in [-0.25, -0.2) is 4.39 Å². The van der Waals surface area contributed by atoms with E-state index < -0.39 is 11.7 Å². The molecule has 0 unspecified atom stereocenters. The second-order valence-corrected chi connectivity index (χ2v) is 5.09. The summed E-state index contributed by atoms with van der Waals surface area (Å²) in [6, 6.07) is 7.20. The highest BCUT2D eigenvalue weighted by Crippen LogP contribution is 2.26. The SMILES string of the molecule is Cc1c(N)cc(C(=O)Nc2cc(Cl)ccc2Cl)cc1F. The van der Waals surface area contributed by atoms with Crippen LogP contribution >= 0.6 is 23.2 Å². The predicted octanol–water partition coefficient (Wildman–Crippen LogP) is 4.28. The van der Waals surface area contributed by atoms with Crippen molar-refractivity contribution in [1.82, 2.24) is 0 Å². The van der Waals surface area contributed by atoms with Gasteiger partial charge in [0.25, 0.3) is 5.91 Å². The molecule has 0 aliphatic heterocycles. The maximum atomic E-state index is 13.6. The van der Waals surface area contributed by atoms with Crippen LogP contribution in [0.5, 0.6) is 0 Å². The van der Waals surface area contributed by atoms with Gasteiger partial charge in [0.1, 0.15) is 5.82 Å². The summed E-state index contributed by atoms with van der Waals surface area (Å²) in [5.41, 5.74) is 6.63. The second kappa shape index (κ2) is 5.69. The topological polar surface area (TPSA) is 55.1 Å². The van der Waals surface area contributed by atoms with Gasteiger partial charge in [-0.1, -0.05) is 23.2 Å². The summed E-state index contributed by atoms with van der Waals surface area (Å²) in [7, 11) is 0. The van der Waals surface area contributed by atoms with Gasteiger partial charge < -0.3 is 11.1 Å². The Morgan fingerprint density at radius 2 is 1.95 bits per heavy atom. The number of nitrogen functional groups attached to an aromatic ring is 1. The Hall–Kier alpha value is -1.78. The minimum atomic E-state index is -0.535. The molecule has 0 aliphatic carbocycles. The smallest absolute Gasteiger partial charge is 0.255 e. The van der Waals surface area contributed by atoms with Crippen molar-refractivity contribution in [2.24, 2.45) is 0 Å².